The first-order chi connectivity index (χ1) is 12.3. The van der Waals surface area contributed by atoms with Crippen LogP contribution in [0.3, 0.4) is 0 Å². The first-order valence-corrected chi connectivity index (χ1v) is 9.97. The van der Waals surface area contributed by atoms with Crippen molar-refractivity contribution in [3.8, 4) is 0 Å². The second kappa shape index (κ2) is 6.95. The van der Waals surface area contributed by atoms with Gasteiger partial charge in [-0.1, -0.05) is 0 Å². The van der Waals surface area contributed by atoms with Crippen molar-refractivity contribution in [2.24, 2.45) is 0 Å². The van der Waals surface area contributed by atoms with Crippen LogP contribution in [-0.4, -0.2) is 39.6 Å². The molecule has 0 N–H and O–H groups in total. The number of furan rings is 1. The van der Waals surface area contributed by atoms with Gasteiger partial charge >= 0.3 is 5.97 Å². The van der Waals surface area contributed by atoms with Gasteiger partial charge in [-0.05, 0) is 49.6 Å². The number of sulfonamides is 1. The van der Waals surface area contributed by atoms with E-state index in [1.54, 1.807) is 25.1 Å². The Bertz CT molecular complexity index is 960. The summed E-state index contributed by atoms with van der Waals surface area (Å²) >= 11 is 0. The third-order valence-corrected chi connectivity index (χ3v) is 5.47. The largest absolute Gasteiger partial charge is 0.469 e. The number of hydrogen-bond donors (Lipinski definition) is 0. The fourth-order valence-electron chi connectivity index (χ4n) is 2.97. The monoisotopic (exact) mass is 377 g/mol. The van der Waals surface area contributed by atoms with Crippen LogP contribution >= 0.6 is 0 Å². The Morgan fingerprint density at radius 3 is 2.69 bits per heavy atom. The number of hydrogen-bond acceptors (Lipinski definition) is 6. The molecule has 0 saturated carbocycles. The first kappa shape index (κ1) is 18.2. The molecule has 1 aliphatic heterocycles. The van der Waals surface area contributed by atoms with Crippen molar-refractivity contribution in [2.75, 3.05) is 23.7 Å². The Kier molecular flexibility index (Phi) is 4.86. The number of aryl methyl sites for hydroxylation is 2. The van der Waals surface area contributed by atoms with E-state index in [-0.39, 0.29) is 11.3 Å². The van der Waals surface area contributed by atoms with Crippen molar-refractivity contribution in [2.45, 2.75) is 19.8 Å². The van der Waals surface area contributed by atoms with Crippen LogP contribution in [0, 0.1) is 6.92 Å². The van der Waals surface area contributed by atoms with Gasteiger partial charge < -0.3 is 9.15 Å². The minimum atomic E-state index is -3.35. The Balaban J connectivity index is 1.73. The number of ketones is 1. The molecule has 7 nitrogen and oxygen atoms in total. The highest BCUT2D eigenvalue weighted by molar-refractivity contribution is 7.92. The van der Waals surface area contributed by atoms with Crippen LogP contribution in [0.2, 0.25) is 0 Å². The van der Waals surface area contributed by atoms with Crippen LogP contribution in [-0.2, 0) is 21.2 Å². The summed E-state index contributed by atoms with van der Waals surface area (Å²) in [7, 11) is -3.35. The number of Topliss-reactive ketones (excluding diaryl/α,β-unsaturated/α-hetero) is 1. The van der Waals surface area contributed by atoms with E-state index in [4.69, 9.17) is 9.15 Å². The Hall–Kier alpha value is -2.61. The smallest absolute Gasteiger partial charge is 0.342 e. The number of carbonyl (C=O) groups excluding carboxylic acids is 2. The molecule has 0 radical (unpaired) electrons. The Morgan fingerprint density at radius 2 is 2.04 bits per heavy atom. The van der Waals surface area contributed by atoms with E-state index in [9.17, 15) is 18.0 Å². The summed E-state index contributed by atoms with van der Waals surface area (Å²) < 4.78 is 35.2. The molecule has 0 bridgehead atoms. The van der Waals surface area contributed by atoms with E-state index in [0.29, 0.717) is 36.4 Å². The summed E-state index contributed by atoms with van der Waals surface area (Å²) in [6.07, 6.45) is 3.92. The maximum Gasteiger partial charge on any atom is 0.342 e. The molecule has 1 aliphatic rings. The quantitative estimate of drug-likeness (QED) is 0.586. The zero-order valence-electron chi connectivity index (χ0n) is 14.5. The maximum absolute atomic E-state index is 12.3. The van der Waals surface area contributed by atoms with Crippen molar-refractivity contribution in [3.63, 3.8) is 0 Å². The van der Waals surface area contributed by atoms with Gasteiger partial charge in [-0.15, -0.1) is 0 Å². The van der Waals surface area contributed by atoms with Crippen molar-refractivity contribution in [3.05, 3.63) is 53.0 Å². The zero-order valence-corrected chi connectivity index (χ0v) is 15.3. The van der Waals surface area contributed by atoms with Crippen LogP contribution in [0.25, 0.3) is 0 Å². The van der Waals surface area contributed by atoms with Gasteiger partial charge in [0, 0.05) is 12.1 Å². The molecule has 0 aliphatic carbocycles. The van der Waals surface area contributed by atoms with Gasteiger partial charge in [0.25, 0.3) is 0 Å². The SMILES string of the molecule is Cc1occc1C(=O)OCC(=O)c1ccc2c(c1)CCCN2S(C)(=O)=O. The number of anilines is 1. The van der Waals surface area contributed by atoms with E-state index in [2.05, 4.69) is 0 Å². The van der Waals surface area contributed by atoms with Gasteiger partial charge in [0.05, 0.1) is 18.2 Å². The zero-order chi connectivity index (χ0) is 18.9. The van der Waals surface area contributed by atoms with Crippen LogP contribution in [0.4, 0.5) is 5.69 Å². The molecule has 26 heavy (non-hydrogen) atoms. The minimum absolute atomic E-state index is 0.284. The van der Waals surface area contributed by atoms with Gasteiger partial charge in [-0.2, -0.15) is 0 Å². The van der Waals surface area contributed by atoms with Crippen LogP contribution in [0.5, 0.6) is 0 Å². The molecule has 0 amide bonds. The highest BCUT2D eigenvalue weighted by atomic mass is 32.2. The van der Waals surface area contributed by atoms with Crippen molar-refractivity contribution < 1.29 is 27.2 Å². The Labute approximate surface area is 151 Å². The van der Waals surface area contributed by atoms with Gasteiger partial charge in [0.2, 0.25) is 10.0 Å². The average molecular weight is 377 g/mol. The fourth-order valence-corrected chi connectivity index (χ4v) is 3.97. The average Bonchev–Trinajstić information content (AvgIpc) is 3.03. The first-order valence-electron chi connectivity index (χ1n) is 8.12. The number of nitrogens with zero attached hydrogens (tertiary/aromatic N) is 1. The van der Waals surface area contributed by atoms with Gasteiger partial charge in [-0.25, -0.2) is 13.2 Å². The summed E-state index contributed by atoms with van der Waals surface area (Å²) in [4.78, 5) is 24.3. The number of fused-ring (bicyclic) bond motifs is 1. The number of benzene rings is 1. The predicted molar refractivity (Wildman–Crippen MR) is 95.0 cm³/mol. The molecule has 1 aromatic carbocycles. The number of carbonyl (C=O) groups is 2. The molecule has 0 fully saturated rings. The Morgan fingerprint density at radius 1 is 1.27 bits per heavy atom. The number of esters is 1. The molecule has 2 aromatic rings. The summed E-state index contributed by atoms with van der Waals surface area (Å²) in [5, 5.41) is 0. The highest BCUT2D eigenvalue weighted by Gasteiger charge is 2.25. The topological polar surface area (TPSA) is 93.9 Å². The lowest BCUT2D eigenvalue weighted by Gasteiger charge is -2.29. The lowest BCUT2D eigenvalue weighted by molar-refractivity contribution is 0.0473. The molecule has 138 valence electrons. The fraction of sp³-hybridized carbons (Fsp3) is 0.333. The molecular formula is C18H19NO6S. The third kappa shape index (κ3) is 3.65. The highest BCUT2D eigenvalue weighted by Crippen LogP contribution is 2.30. The van der Waals surface area contributed by atoms with E-state index < -0.39 is 22.6 Å². The summed E-state index contributed by atoms with van der Waals surface area (Å²) in [5.74, 6) is -0.540. The summed E-state index contributed by atoms with van der Waals surface area (Å²) in [6.45, 7) is 1.67. The van der Waals surface area contributed by atoms with E-state index in [1.807, 2.05) is 0 Å². The van der Waals surface area contributed by atoms with Gasteiger partial charge in [0.15, 0.2) is 12.4 Å². The lowest BCUT2D eigenvalue weighted by atomic mass is 9.99. The molecule has 0 atom stereocenters. The van der Waals surface area contributed by atoms with E-state index in [0.717, 1.165) is 5.56 Å². The molecular weight excluding hydrogens is 358 g/mol. The number of ether oxygens (including phenoxy) is 1. The van der Waals surface area contributed by atoms with E-state index in [1.165, 1.54) is 22.9 Å². The predicted octanol–water partition coefficient (Wildman–Crippen LogP) is 2.34. The van der Waals surface area contributed by atoms with Gasteiger partial charge in [0.1, 0.15) is 11.3 Å². The normalized spacial score (nSPS) is 14.0. The molecule has 0 saturated heterocycles. The lowest BCUT2D eigenvalue weighted by Crippen LogP contribution is -2.34. The van der Waals surface area contributed by atoms with Crippen LogP contribution in [0.1, 0.15) is 38.5 Å². The van der Waals surface area contributed by atoms with Crippen LogP contribution < -0.4 is 4.31 Å². The van der Waals surface area contributed by atoms with Gasteiger partial charge in [-0.3, -0.25) is 9.10 Å². The molecule has 8 heteroatoms. The maximum atomic E-state index is 12.3. The van der Waals surface area contributed by atoms with Crippen molar-refractivity contribution in [1.29, 1.82) is 0 Å². The summed E-state index contributed by atoms with van der Waals surface area (Å²) in [6, 6.07) is 6.35. The number of rotatable bonds is 5. The van der Waals surface area contributed by atoms with Crippen LogP contribution in [0.15, 0.2) is 34.9 Å². The molecule has 3 rings (SSSR count). The standard InChI is InChI=1S/C18H19NO6S/c1-12-15(7-9-24-12)18(21)25-11-17(20)14-5-6-16-13(10-14)4-3-8-19(16)26(2,22)23/h5-7,9-10H,3-4,8,11H2,1-2H3. The molecule has 2 heterocycles. The minimum Gasteiger partial charge on any atom is -0.469 e. The second-order valence-electron chi connectivity index (χ2n) is 6.17. The summed E-state index contributed by atoms with van der Waals surface area (Å²) in [5.41, 5.74) is 2.06. The van der Waals surface area contributed by atoms with Crippen molar-refractivity contribution >= 4 is 27.5 Å². The van der Waals surface area contributed by atoms with Crippen molar-refractivity contribution in [1.82, 2.24) is 0 Å². The second-order valence-corrected chi connectivity index (χ2v) is 8.08. The third-order valence-electron chi connectivity index (χ3n) is 4.29. The molecule has 1 aromatic heterocycles. The van der Waals surface area contributed by atoms with E-state index >= 15 is 0 Å². The molecule has 0 unspecified atom stereocenters. The molecule has 0 spiro atoms.